The second kappa shape index (κ2) is 6.67. The fourth-order valence-corrected chi connectivity index (χ4v) is 4.64. The van der Waals surface area contributed by atoms with Gasteiger partial charge in [-0.15, -0.1) is 0 Å². The van der Waals surface area contributed by atoms with Crippen molar-refractivity contribution in [3.05, 3.63) is 27.7 Å². The van der Waals surface area contributed by atoms with Crippen LogP contribution in [0.1, 0.15) is 31.4 Å². The Labute approximate surface area is 135 Å². The van der Waals surface area contributed by atoms with Crippen molar-refractivity contribution in [3.63, 3.8) is 0 Å². The summed E-state index contributed by atoms with van der Waals surface area (Å²) in [6.07, 6.45) is 0.349. The topological polar surface area (TPSA) is 55.4 Å². The summed E-state index contributed by atoms with van der Waals surface area (Å²) in [5.41, 5.74) is 2.08. The van der Waals surface area contributed by atoms with Gasteiger partial charge in [0, 0.05) is 22.6 Å². The molecule has 1 aromatic carbocycles. The number of benzene rings is 1. The summed E-state index contributed by atoms with van der Waals surface area (Å²) < 4.78 is 30.2. The van der Waals surface area contributed by atoms with E-state index in [2.05, 4.69) is 35.1 Å². The summed E-state index contributed by atoms with van der Waals surface area (Å²) >= 11 is 3.51. The van der Waals surface area contributed by atoms with Gasteiger partial charge in [0.15, 0.2) is 9.84 Å². The molecule has 1 saturated heterocycles. The third-order valence-electron chi connectivity index (χ3n) is 3.49. The lowest BCUT2D eigenvalue weighted by molar-refractivity contribution is 0.224. The second-order valence-corrected chi connectivity index (χ2v) is 9.03. The first-order valence-corrected chi connectivity index (χ1v) is 9.78. The van der Waals surface area contributed by atoms with E-state index in [1.807, 2.05) is 19.1 Å². The highest BCUT2D eigenvalue weighted by molar-refractivity contribution is 9.10. The van der Waals surface area contributed by atoms with Gasteiger partial charge in [0.2, 0.25) is 0 Å². The predicted molar refractivity (Wildman–Crippen MR) is 88.5 cm³/mol. The average molecular weight is 376 g/mol. The van der Waals surface area contributed by atoms with Gasteiger partial charge in [-0.25, -0.2) is 8.42 Å². The molecular weight excluding hydrogens is 354 g/mol. The lowest BCUT2D eigenvalue weighted by Gasteiger charge is -2.19. The van der Waals surface area contributed by atoms with Gasteiger partial charge >= 0.3 is 0 Å². The molecule has 2 rings (SSSR count). The van der Waals surface area contributed by atoms with Gasteiger partial charge in [-0.2, -0.15) is 0 Å². The van der Waals surface area contributed by atoms with Crippen molar-refractivity contribution in [1.82, 2.24) is 5.32 Å². The molecule has 1 heterocycles. The lowest BCUT2D eigenvalue weighted by atomic mass is 10.1. The smallest absolute Gasteiger partial charge is 0.154 e. The highest BCUT2D eigenvalue weighted by Gasteiger charge is 2.30. The van der Waals surface area contributed by atoms with Crippen LogP contribution in [0.3, 0.4) is 0 Å². The Hall–Kier alpha value is -0.590. The zero-order valence-electron chi connectivity index (χ0n) is 12.6. The van der Waals surface area contributed by atoms with Gasteiger partial charge < -0.3 is 10.1 Å². The molecule has 118 valence electrons. The molecule has 0 spiro atoms. The van der Waals surface area contributed by atoms with Crippen LogP contribution in [0.4, 0.5) is 0 Å². The van der Waals surface area contributed by atoms with E-state index in [9.17, 15) is 8.42 Å². The number of hydrogen-bond acceptors (Lipinski definition) is 4. The first-order valence-electron chi connectivity index (χ1n) is 7.16. The molecule has 1 fully saturated rings. The first-order chi connectivity index (χ1) is 9.77. The van der Waals surface area contributed by atoms with Gasteiger partial charge in [0.1, 0.15) is 11.9 Å². The van der Waals surface area contributed by atoms with Crippen LogP contribution in [-0.4, -0.2) is 32.1 Å². The molecule has 1 unspecified atom stereocenters. The van der Waals surface area contributed by atoms with E-state index in [0.29, 0.717) is 19.0 Å². The molecule has 0 bridgehead atoms. The van der Waals surface area contributed by atoms with Crippen molar-refractivity contribution < 1.29 is 13.2 Å². The summed E-state index contributed by atoms with van der Waals surface area (Å²) in [5.74, 6) is 1.17. The Morgan fingerprint density at radius 3 is 2.71 bits per heavy atom. The normalized spacial score (nSPS) is 20.9. The Bertz CT molecular complexity index is 614. The van der Waals surface area contributed by atoms with Crippen molar-refractivity contribution in [3.8, 4) is 5.75 Å². The third kappa shape index (κ3) is 4.69. The summed E-state index contributed by atoms with van der Waals surface area (Å²) in [7, 11) is -2.93. The quantitative estimate of drug-likeness (QED) is 0.859. The van der Waals surface area contributed by atoms with Crippen LogP contribution in [0.5, 0.6) is 5.75 Å². The minimum atomic E-state index is -2.93. The number of nitrogens with one attached hydrogen (secondary N) is 1. The number of sulfone groups is 1. The molecule has 0 aromatic heterocycles. The lowest BCUT2D eigenvalue weighted by Crippen LogP contribution is -2.24. The summed E-state index contributed by atoms with van der Waals surface area (Å²) in [4.78, 5) is 0. The summed E-state index contributed by atoms with van der Waals surface area (Å²) in [6, 6.07) is 4.41. The highest BCUT2D eigenvalue weighted by atomic mass is 79.9. The van der Waals surface area contributed by atoms with Crippen LogP contribution >= 0.6 is 15.9 Å². The second-order valence-electron chi connectivity index (χ2n) is 5.89. The minimum Gasteiger partial charge on any atom is -0.489 e. The molecule has 1 atom stereocenters. The predicted octanol–water partition coefficient (Wildman–Crippen LogP) is 2.82. The Balaban J connectivity index is 2.20. The van der Waals surface area contributed by atoms with Crippen molar-refractivity contribution in [2.75, 3.05) is 11.5 Å². The van der Waals surface area contributed by atoms with Crippen LogP contribution < -0.4 is 10.1 Å². The highest BCUT2D eigenvalue weighted by Crippen LogP contribution is 2.30. The van der Waals surface area contributed by atoms with Crippen LogP contribution in [0.15, 0.2) is 16.6 Å². The third-order valence-corrected chi connectivity index (χ3v) is 5.69. The van der Waals surface area contributed by atoms with Gasteiger partial charge in [-0.3, -0.25) is 0 Å². The molecule has 1 aromatic rings. The number of rotatable bonds is 5. The maximum Gasteiger partial charge on any atom is 0.154 e. The molecule has 0 saturated carbocycles. The molecule has 1 N–H and O–H groups in total. The molecule has 4 nitrogen and oxygen atoms in total. The van der Waals surface area contributed by atoms with Crippen LogP contribution in [0.25, 0.3) is 0 Å². The largest absolute Gasteiger partial charge is 0.489 e. The van der Waals surface area contributed by atoms with E-state index < -0.39 is 9.84 Å². The monoisotopic (exact) mass is 375 g/mol. The van der Waals surface area contributed by atoms with E-state index in [1.54, 1.807) is 0 Å². The van der Waals surface area contributed by atoms with Crippen molar-refractivity contribution in [1.29, 1.82) is 0 Å². The molecule has 21 heavy (non-hydrogen) atoms. The Morgan fingerprint density at radius 1 is 1.43 bits per heavy atom. The fourth-order valence-electron chi connectivity index (χ4n) is 2.43. The Morgan fingerprint density at radius 2 is 2.14 bits per heavy atom. The average Bonchev–Trinajstić information content (AvgIpc) is 2.70. The maximum atomic E-state index is 11.6. The fraction of sp³-hybridized carbons (Fsp3) is 0.600. The van der Waals surface area contributed by atoms with E-state index >= 15 is 0 Å². The Kier molecular flexibility index (Phi) is 5.33. The number of ether oxygens (including phenoxy) is 1. The molecule has 0 aliphatic carbocycles. The number of aryl methyl sites for hydroxylation is 1. The van der Waals surface area contributed by atoms with Crippen LogP contribution in [0.2, 0.25) is 0 Å². The van der Waals surface area contributed by atoms with Gasteiger partial charge in [0.25, 0.3) is 0 Å². The zero-order valence-corrected chi connectivity index (χ0v) is 15.1. The van der Waals surface area contributed by atoms with E-state index in [-0.39, 0.29) is 17.6 Å². The van der Waals surface area contributed by atoms with Crippen LogP contribution in [-0.2, 0) is 16.4 Å². The number of halogens is 1. The van der Waals surface area contributed by atoms with E-state index in [0.717, 1.165) is 21.3 Å². The van der Waals surface area contributed by atoms with E-state index in [1.165, 1.54) is 0 Å². The summed E-state index contributed by atoms with van der Waals surface area (Å²) in [5, 5.41) is 3.38. The first kappa shape index (κ1) is 16.8. The van der Waals surface area contributed by atoms with E-state index in [4.69, 9.17) is 4.74 Å². The van der Waals surface area contributed by atoms with Crippen LogP contribution in [0, 0.1) is 6.92 Å². The molecule has 0 amide bonds. The molecule has 1 aliphatic rings. The molecule has 6 heteroatoms. The zero-order chi connectivity index (χ0) is 15.6. The maximum absolute atomic E-state index is 11.6. The minimum absolute atomic E-state index is 0.125. The van der Waals surface area contributed by atoms with Gasteiger partial charge in [-0.1, -0.05) is 29.8 Å². The molecule has 1 aliphatic heterocycles. The number of hydrogen-bond donors (Lipinski definition) is 1. The van der Waals surface area contributed by atoms with Crippen molar-refractivity contribution in [2.24, 2.45) is 0 Å². The van der Waals surface area contributed by atoms with Gasteiger partial charge in [0.05, 0.1) is 11.5 Å². The molecule has 0 radical (unpaired) electrons. The van der Waals surface area contributed by atoms with Crippen molar-refractivity contribution in [2.45, 2.75) is 45.9 Å². The van der Waals surface area contributed by atoms with Gasteiger partial charge in [-0.05, 0) is 31.0 Å². The van der Waals surface area contributed by atoms with Crippen molar-refractivity contribution >= 4 is 25.8 Å². The standard InChI is InChI=1S/C15H22BrNO3S/c1-10(2)17-8-12-7-13(16)6-11(3)15(12)20-14-4-5-21(18,19)9-14/h6-7,10,14,17H,4-5,8-9H2,1-3H3. The molecular formula is C15H22BrNO3S. The summed E-state index contributed by atoms with van der Waals surface area (Å²) in [6.45, 7) is 6.87. The SMILES string of the molecule is Cc1cc(Br)cc(CNC(C)C)c1OC1CCS(=O)(=O)C1.